The number of nitrogen functional groups attached to an aromatic ring is 1. The highest BCUT2D eigenvalue weighted by atomic mass is 32.1. The summed E-state index contributed by atoms with van der Waals surface area (Å²) in [5, 5.41) is 4.05. The average molecular weight is 290 g/mol. The highest BCUT2D eigenvalue weighted by Gasteiger charge is 2.23. The number of rotatable bonds is 4. The SMILES string of the molecule is CCCC(C)(C)NC(=O)c1sc2cc(C)ccc2c1N. The molecule has 0 saturated carbocycles. The molecule has 0 aliphatic rings. The van der Waals surface area contributed by atoms with Gasteiger partial charge in [0.2, 0.25) is 0 Å². The van der Waals surface area contributed by atoms with Gasteiger partial charge in [-0.05, 0) is 38.8 Å². The Morgan fingerprint density at radius 3 is 2.75 bits per heavy atom. The van der Waals surface area contributed by atoms with Crippen molar-refractivity contribution >= 4 is 33.0 Å². The molecule has 0 radical (unpaired) electrons. The second kappa shape index (κ2) is 5.44. The first-order chi connectivity index (χ1) is 9.34. The number of carbonyl (C=O) groups excluding carboxylic acids is 1. The maximum atomic E-state index is 12.4. The normalized spacial score (nSPS) is 11.8. The summed E-state index contributed by atoms with van der Waals surface area (Å²) in [6.45, 7) is 8.24. The molecule has 0 spiro atoms. The molecular weight excluding hydrogens is 268 g/mol. The van der Waals surface area contributed by atoms with Crippen LogP contribution in [-0.4, -0.2) is 11.4 Å². The number of amides is 1. The summed E-state index contributed by atoms with van der Waals surface area (Å²) >= 11 is 1.47. The zero-order valence-electron chi connectivity index (χ0n) is 12.5. The lowest BCUT2D eigenvalue weighted by Gasteiger charge is -2.25. The Labute approximate surface area is 124 Å². The van der Waals surface area contributed by atoms with Gasteiger partial charge < -0.3 is 11.1 Å². The van der Waals surface area contributed by atoms with Crippen LogP contribution in [0.25, 0.3) is 10.1 Å². The zero-order valence-corrected chi connectivity index (χ0v) is 13.4. The standard InChI is InChI=1S/C16H22N2OS/c1-5-8-16(3,4)18-15(19)14-13(17)11-7-6-10(2)9-12(11)20-14/h6-7,9H,5,8,17H2,1-4H3,(H,18,19). The smallest absolute Gasteiger partial charge is 0.263 e. The van der Waals surface area contributed by atoms with Crippen molar-refractivity contribution in [2.24, 2.45) is 0 Å². The van der Waals surface area contributed by atoms with Crippen molar-refractivity contribution in [3.63, 3.8) is 0 Å². The first kappa shape index (κ1) is 14.9. The second-order valence-electron chi connectivity index (χ2n) is 5.93. The summed E-state index contributed by atoms with van der Waals surface area (Å²) in [5.41, 5.74) is 7.70. The summed E-state index contributed by atoms with van der Waals surface area (Å²) in [6, 6.07) is 6.09. The predicted octanol–water partition coefficient (Wildman–Crippen LogP) is 4.10. The van der Waals surface area contributed by atoms with Crippen LogP contribution in [0.5, 0.6) is 0 Å². The molecule has 4 heteroatoms. The van der Waals surface area contributed by atoms with E-state index in [4.69, 9.17) is 5.73 Å². The molecule has 2 rings (SSSR count). The second-order valence-corrected chi connectivity index (χ2v) is 6.98. The fourth-order valence-corrected chi connectivity index (χ4v) is 3.56. The van der Waals surface area contributed by atoms with E-state index in [-0.39, 0.29) is 11.4 Å². The minimum Gasteiger partial charge on any atom is -0.397 e. The van der Waals surface area contributed by atoms with Gasteiger partial charge in [0.05, 0.1) is 5.69 Å². The van der Waals surface area contributed by atoms with Crippen LogP contribution in [0.4, 0.5) is 5.69 Å². The van der Waals surface area contributed by atoms with Crippen LogP contribution in [-0.2, 0) is 0 Å². The van der Waals surface area contributed by atoms with Gasteiger partial charge in [0, 0.05) is 15.6 Å². The van der Waals surface area contributed by atoms with Crippen molar-refractivity contribution in [3.05, 3.63) is 28.6 Å². The van der Waals surface area contributed by atoms with Crippen molar-refractivity contribution in [1.29, 1.82) is 0 Å². The number of benzene rings is 1. The van der Waals surface area contributed by atoms with E-state index in [9.17, 15) is 4.79 Å². The van der Waals surface area contributed by atoms with E-state index in [1.54, 1.807) is 0 Å². The molecule has 1 aromatic heterocycles. The molecule has 1 heterocycles. The number of thiophene rings is 1. The fourth-order valence-electron chi connectivity index (χ4n) is 2.44. The Hall–Kier alpha value is -1.55. The number of carbonyl (C=O) groups is 1. The third-order valence-corrected chi connectivity index (χ3v) is 4.58. The van der Waals surface area contributed by atoms with Crippen LogP contribution in [0, 0.1) is 6.92 Å². The molecule has 0 unspecified atom stereocenters. The molecule has 1 amide bonds. The largest absolute Gasteiger partial charge is 0.397 e. The predicted molar refractivity (Wildman–Crippen MR) is 87.4 cm³/mol. The summed E-state index contributed by atoms with van der Waals surface area (Å²) in [6.07, 6.45) is 1.98. The fraction of sp³-hybridized carbons (Fsp3) is 0.438. The third kappa shape index (κ3) is 2.96. The van der Waals surface area contributed by atoms with Crippen LogP contribution in [0.3, 0.4) is 0 Å². The van der Waals surface area contributed by atoms with Gasteiger partial charge >= 0.3 is 0 Å². The molecule has 108 valence electrons. The lowest BCUT2D eigenvalue weighted by Crippen LogP contribution is -2.43. The first-order valence-electron chi connectivity index (χ1n) is 6.95. The third-order valence-electron chi connectivity index (χ3n) is 3.42. The van der Waals surface area contributed by atoms with Gasteiger partial charge in [0.1, 0.15) is 4.88 Å². The number of anilines is 1. The van der Waals surface area contributed by atoms with Gasteiger partial charge in [-0.15, -0.1) is 11.3 Å². The van der Waals surface area contributed by atoms with E-state index < -0.39 is 0 Å². The van der Waals surface area contributed by atoms with Gasteiger partial charge in [-0.25, -0.2) is 0 Å². The summed E-state index contributed by atoms with van der Waals surface area (Å²) in [4.78, 5) is 13.0. The van der Waals surface area contributed by atoms with E-state index in [2.05, 4.69) is 18.3 Å². The number of nitrogens with one attached hydrogen (secondary N) is 1. The minimum atomic E-state index is -0.204. The Morgan fingerprint density at radius 2 is 2.10 bits per heavy atom. The molecule has 0 aliphatic carbocycles. The quantitative estimate of drug-likeness (QED) is 0.890. The highest BCUT2D eigenvalue weighted by Crippen LogP contribution is 2.34. The van der Waals surface area contributed by atoms with Crippen molar-refractivity contribution < 1.29 is 4.79 Å². The molecule has 0 aliphatic heterocycles. The van der Waals surface area contributed by atoms with Crippen LogP contribution < -0.4 is 11.1 Å². The lowest BCUT2D eigenvalue weighted by molar-refractivity contribution is 0.0914. The molecule has 20 heavy (non-hydrogen) atoms. The Bertz CT molecular complexity index is 643. The molecule has 2 aromatic rings. The molecule has 1 aromatic carbocycles. The summed E-state index contributed by atoms with van der Waals surface area (Å²) < 4.78 is 1.07. The lowest BCUT2D eigenvalue weighted by atomic mass is 9.99. The van der Waals surface area contributed by atoms with E-state index in [1.165, 1.54) is 16.9 Å². The molecule has 3 nitrogen and oxygen atoms in total. The highest BCUT2D eigenvalue weighted by molar-refractivity contribution is 7.21. The van der Waals surface area contributed by atoms with Gasteiger partial charge in [-0.1, -0.05) is 25.5 Å². The number of aryl methyl sites for hydroxylation is 1. The van der Waals surface area contributed by atoms with Crippen LogP contribution in [0.2, 0.25) is 0 Å². The topological polar surface area (TPSA) is 55.1 Å². The van der Waals surface area contributed by atoms with Crippen molar-refractivity contribution in [3.8, 4) is 0 Å². The molecule has 0 saturated heterocycles. The van der Waals surface area contributed by atoms with Crippen LogP contribution in [0.15, 0.2) is 18.2 Å². The van der Waals surface area contributed by atoms with E-state index in [0.717, 1.165) is 22.9 Å². The summed E-state index contributed by atoms with van der Waals surface area (Å²) in [7, 11) is 0. The zero-order chi connectivity index (χ0) is 14.9. The first-order valence-corrected chi connectivity index (χ1v) is 7.77. The van der Waals surface area contributed by atoms with Gasteiger partial charge in [-0.3, -0.25) is 4.79 Å². The Kier molecular flexibility index (Phi) is 4.04. The van der Waals surface area contributed by atoms with E-state index >= 15 is 0 Å². The van der Waals surface area contributed by atoms with Crippen molar-refractivity contribution in [2.45, 2.75) is 46.1 Å². The number of fused-ring (bicyclic) bond motifs is 1. The van der Waals surface area contributed by atoms with Crippen molar-refractivity contribution in [2.75, 3.05) is 5.73 Å². The van der Waals surface area contributed by atoms with Crippen LogP contribution in [0.1, 0.15) is 48.8 Å². The number of nitrogens with two attached hydrogens (primary N) is 1. The molecule has 0 fully saturated rings. The average Bonchev–Trinajstić information content (AvgIpc) is 2.65. The molecule has 3 N–H and O–H groups in total. The number of hydrogen-bond donors (Lipinski definition) is 2. The van der Waals surface area contributed by atoms with Gasteiger partial charge in [0.15, 0.2) is 0 Å². The molecule has 0 bridgehead atoms. The maximum absolute atomic E-state index is 12.4. The summed E-state index contributed by atoms with van der Waals surface area (Å²) in [5.74, 6) is -0.0696. The maximum Gasteiger partial charge on any atom is 0.263 e. The minimum absolute atomic E-state index is 0.0696. The molecule has 0 atom stereocenters. The number of hydrogen-bond acceptors (Lipinski definition) is 3. The van der Waals surface area contributed by atoms with Crippen LogP contribution >= 0.6 is 11.3 Å². The Morgan fingerprint density at radius 1 is 1.40 bits per heavy atom. The molecular formula is C16H22N2OS. The van der Waals surface area contributed by atoms with Gasteiger partial charge in [-0.2, -0.15) is 0 Å². The van der Waals surface area contributed by atoms with Crippen molar-refractivity contribution in [1.82, 2.24) is 5.32 Å². The van der Waals surface area contributed by atoms with E-state index in [0.29, 0.717) is 10.6 Å². The monoisotopic (exact) mass is 290 g/mol. The van der Waals surface area contributed by atoms with Gasteiger partial charge in [0.25, 0.3) is 5.91 Å². The Balaban J connectivity index is 2.33. The van der Waals surface area contributed by atoms with E-state index in [1.807, 2.05) is 32.9 Å².